The molecule has 6 heteroatoms. The highest BCUT2D eigenvalue weighted by atomic mass is 16.5. The lowest BCUT2D eigenvalue weighted by Gasteiger charge is -2.15. The van der Waals surface area contributed by atoms with E-state index in [2.05, 4.69) is 5.32 Å². The molecule has 0 aromatic heterocycles. The minimum atomic E-state index is -0.698. The second-order valence-electron chi connectivity index (χ2n) is 6.00. The first-order valence-corrected chi connectivity index (χ1v) is 8.92. The molecule has 0 heterocycles. The number of carbonyl (C=O) groups is 2. The van der Waals surface area contributed by atoms with E-state index < -0.39 is 6.10 Å². The quantitative estimate of drug-likeness (QED) is 0.531. The van der Waals surface area contributed by atoms with Gasteiger partial charge in [-0.05, 0) is 49.7 Å². The van der Waals surface area contributed by atoms with Crippen molar-refractivity contribution in [2.45, 2.75) is 32.8 Å². The second-order valence-corrected chi connectivity index (χ2v) is 6.00. The molecule has 27 heavy (non-hydrogen) atoms. The van der Waals surface area contributed by atoms with Crippen molar-refractivity contribution >= 4 is 17.6 Å². The summed E-state index contributed by atoms with van der Waals surface area (Å²) in [7, 11) is 1.57. The molecule has 0 aliphatic heterocycles. The van der Waals surface area contributed by atoms with Crippen LogP contribution in [0.5, 0.6) is 11.5 Å². The fraction of sp³-hybridized carbons (Fsp3) is 0.333. The standard InChI is InChI=1S/C21H25NO5/c1-4-5-13-26-21(24)16-9-11-17(12-10-16)22-20(23)15(2)27-19-8-6-7-18(14-19)25-3/h6-12,14-15H,4-5,13H2,1-3H3,(H,22,23). The first kappa shape index (κ1) is 20.3. The Kier molecular flexibility index (Phi) is 7.67. The summed E-state index contributed by atoms with van der Waals surface area (Å²) >= 11 is 0. The van der Waals surface area contributed by atoms with Crippen molar-refractivity contribution in [1.82, 2.24) is 0 Å². The van der Waals surface area contributed by atoms with Crippen LogP contribution in [0.2, 0.25) is 0 Å². The van der Waals surface area contributed by atoms with Gasteiger partial charge in [0.25, 0.3) is 5.91 Å². The van der Waals surface area contributed by atoms with E-state index in [9.17, 15) is 9.59 Å². The normalized spacial score (nSPS) is 11.4. The maximum Gasteiger partial charge on any atom is 0.338 e. The lowest BCUT2D eigenvalue weighted by atomic mass is 10.2. The van der Waals surface area contributed by atoms with Gasteiger partial charge in [-0.15, -0.1) is 0 Å². The number of hydrogen-bond donors (Lipinski definition) is 1. The SMILES string of the molecule is CCCCOC(=O)c1ccc(NC(=O)C(C)Oc2cccc(OC)c2)cc1. The van der Waals surface area contributed by atoms with Gasteiger partial charge in [0.15, 0.2) is 6.10 Å². The predicted octanol–water partition coefficient (Wildman–Crippen LogP) is 4.06. The molecule has 0 saturated heterocycles. The largest absolute Gasteiger partial charge is 0.497 e. The van der Waals surface area contributed by atoms with Crippen LogP contribution < -0.4 is 14.8 Å². The molecule has 1 atom stereocenters. The maximum absolute atomic E-state index is 12.3. The number of anilines is 1. The zero-order valence-electron chi connectivity index (χ0n) is 15.9. The minimum Gasteiger partial charge on any atom is -0.497 e. The van der Waals surface area contributed by atoms with Gasteiger partial charge in [-0.25, -0.2) is 4.79 Å². The number of ether oxygens (including phenoxy) is 3. The van der Waals surface area contributed by atoms with E-state index in [1.165, 1.54) is 0 Å². The van der Waals surface area contributed by atoms with E-state index in [0.29, 0.717) is 29.4 Å². The molecule has 0 aliphatic carbocycles. The van der Waals surface area contributed by atoms with Crippen molar-refractivity contribution in [3.05, 3.63) is 54.1 Å². The van der Waals surface area contributed by atoms with Crippen molar-refractivity contribution in [2.75, 3.05) is 19.0 Å². The Labute approximate surface area is 159 Å². The fourth-order valence-corrected chi connectivity index (χ4v) is 2.26. The third kappa shape index (κ3) is 6.33. The molecule has 1 N–H and O–H groups in total. The number of benzene rings is 2. The van der Waals surface area contributed by atoms with Crippen LogP contribution in [0.15, 0.2) is 48.5 Å². The lowest BCUT2D eigenvalue weighted by molar-refractivity contribution is -0.122. The molecule has 1 amide bonds. The highest BCUT2D eigenvalue weighted by Gasteiger charge is 2.15. The second kappa shape index (κ2) is 10.2. The van der Waals surface area contributed by atoms with Crippen LogP contribution in [-0.2, 0) is 9.53 Å². The van der Waals surface area contributed by atoms with E-state index >= 15 is 0 Å². The van der Waals surface area contributed by atoms with Crippen molar-refractivity contribution in [3.8, 4) is 11.5 Å². The van der Waals surface area contributed by atoms with Gasteiger partial charge in [-0.2, -0.15) is 0 Å². The van der Waals surface area contributed by atoms with E-state index in [1.54, 1.807) is 62.6 Å². The van der Waals surface area contributed by atoms with E-state index in [-0.39, 0.29) is 11.9 Å². The molecule has 0 radical (unpaired) electrons. The molecular weight excluding hydrogens is 346 g/mol. The maximum atomic E-state index is 12.3. The average Bonchev–Trinajstić information content (AvgIpc) is 2.68. The summed E-state index contributed by atoms with van der Waals surface area (Å²) in [4.78, 5) is 24.2. The van der Waals surface area contributed by atoms with E-state index in [4.69, 9.17) is 14.2 Å². The van der Waals surface area contributed by atoms with Gasteiger partial charge in [-0.1, -0.05) is 19.4 Å². The molecule has 0 fully saturated rings. The van der Waals surface area contributed by atoms with Crippen molar-refractivity contribution < 1.29 is 23.8 Å². The number of rotatable bonds is 9. The third-order valence-corrected chi connectivity index (χ3v) is 3.84. The van der Waals surface area contributed by atoms with Crippen LogP contribution in [0.25, 0.3) is 0 Å². The first-order chi connectivity index (χ1) is 13.0. The average molecular weight is 371 g/mol. The number of carbonyl (C=O) groups excluding carboxylic acids is 2. The lowest BCUT2D eigenvalue weighted by Crippen LogP contribution is -2.30. The minimum absolute atomic E-state index is 0.295. The summed E-state index contributed by atoms with van der Waals surface area (Å²) in [6.45, 7) is 4.10. The molecule has 2 aromatic carbocycles. The Morgan fingerprint density at radius 2 is 1.78 bits per heavy atom. The monoisotopic (exact) mass is 371 g/mol. The number of amides is 1. The molecular formula is C21H25NO5. The summed E-state index contributed by atoms with van der Waals surface area (Å²) in [6.07, 6.45) is 1.11. The van der Waals surface area contributed by atoms with Gasteiger partial charge < -0.3 is 19.5 Å². The van der Waals surface area contributed by atoms with E-state index in [1.807, 2.05) is 6.92 Å². The zero-order valence-corrected chi connectivity index (χ0v) is 15.9. The molecule has 6 nitrogen and oxygen atoms in total. The Morgan fingerprint density at radius 1 is 1.07 bits per heavy atom. The summed E-state index contributed by atoms with van der Waals surface area (Å²) in [6, 6.07) is 13.6. The molecule has 0 spiro atoms. The highest BCUT2D eigenvalue weighted by Crippen LogP contribution is 2.20. The number of nitrogens with one attached hydrogen (secondary N) is 1. The molecule has 0 saturated carbocycles. The summed E-state index contributed by atoms with van der Waals surface area (Å²) in [5.74, 6) is 0.538. The number of hydrogen-bond acceptors (Lipinski definition) is 5. The fourth-order valence-electron chi connectivity index (χ4n) is 2.26. The number of unbranched alkanes of at least 4 members (excludes halogenated alkanes) is 1. The van der Waals surface area contributed by atoms with Crippen LogP contribution in [0.4, 0.5) is 5.69 Å². The van der Waals surface area contributed by atoms with Gasteiger partial charge in [0.2, 0.25) is 0 Å². The Balaban J connectivity index is 1.89. The van der Waals surface area contributed by atoms with Gasteiger partial charge in [0.05, 0.1) is 19.3 Å². The summed E-state index contributed by atoms with van der Waals surface area (Å²) in [5.41, 5.74) is 1.02. The zero-order chi connectivity index (χ0) is 19.6. The molecule has 2 rings (SSSR count). The molecule has 1 unspecified atom stereocenters. The van der Waals surface area contributed by atoms with Crippen LogP contribution >= 0.6 is 0 Å². The smallest absolute Gasteiger partial charge is 0.338 e. The number of esters is 1. The predicted molar refractivity (Wildman–Crippen MR) is 103 cm³/mol. The van der Waals surface area contributed by atoms with E-state index in [0.717, 1.165) is 12.8 Å². The van der Waals surface area contributed by atoms with Gasteiger partial charge in [0.1, 0.15) is 11.5 Å². The van der Waals surface area contributed by atoms with Crippen molar-refractivity contribution in [2.24, 2.45) is 0 Å². The molecule has 2 aromatic rings. The Morgan fingerprint density at radius 3 is 2.44 bits per heavy atom. The number of methoxy groups -OCH3 is 1. The van der Waals surface area contributed by atoms with Crippen LogP contribution in [0, 0.1) is 0 Å². The highest BCUT2D eigenvalue weighted by molar-refractivity contribution is 5.95. The molecule has 0 aliphatic rings. The van der Waals surface area contributed by atoms with Gasteiger partial charge in [-0.3, -0.25) is 4.79 Å². The topological polar surface area (TPSA) is 73.9 Å². The van der Waals surface area contributed by atoms with Crippen LogP contribution in [0.1, 0.15) is 37.0 Å². The Bertz CT molecular complexity index is 757. The molecule has 144 valence electrons. The van der Waals surface area contributed by atoms with Crippen LogP contribution in [0.3, 0.4) is 0 Å². The third-order valence-electron chi connectivity index (χ3n) is 3.84. The Hall–Kier alpha value is -3.02. The summed E-state index contributed by atoms with van der Waals surface area (Å²) < 4.78 is 15.9. The van der Waals surface area contributed by atoms with Gasteiger partial charge >= 0.3 is 5.97 Å². The van der Waals surface area contributed by atoms with Crippen molar-refractivity contribution in [1.29, 1.82) is 0 Å². The van der Waals surface area contributed by atoms with Gasteiger partial charge in [0, 0.05) is 11.8 Å². The first-order valence-electron chi connectivity index (χ1n) is 8.92. The molecule has 0 bridgehead atoms. The summed E-state index contributed by atoms with van der Waals surface area (Å²) in [5, 5.41) is 2.76. The van der Waals surface area contributed by atoms with Crippen LogP contribution in [-0.4, -0.2) is 31.7 Å². The van der Waals surface area contributed by atoms with Crippen molar-refractivity contribution in [3.63, 3.8) is 0 Å².